The van der Waals surface area contributed by atoms with E-state index in [0.717, 1.165) is 32.5 Å². The Bertz CT molecular complexity index is 464. The Labute approximate surface area is 120 Å². The lowest BCUT2D eigenvalue weighted by Gasteiger charge is -2.39. The number of ether oxygens (including phenoxy) is 1. The maximum absolute atomic E-state index is 12.2. The molecular formula is C15H23N3O2. The molecule has 0 aliphatic carbocycles. The summed E-state index contributed by atoms with van der Waals surface area (Å²) in [7, 11) is 0. The SMILES string of the molecule is CC(C)(C)OC(=O)N1CCN2C(CC3=CCC=NC32)C1. The molecule has 2 atom stereocenters. The monoisotopic (exact) mass is 277 g/mol. The van der Waals surface area contributed by atoms with E-state index in [2.05, 4.69) is 16.0 Å². The first-order chi connectivity index (χ1) is 9.44. The number of piperazine rings is 1. The summed E-state index contributed by atoms with van der Waals surface area (Å²) < 4.78 is 5.47. The molecule has 0 radical (unpaired) electrons. The molecule has 0 spiro atoms. The molecule has 0 bridgehead atoms. The molecule has 3 heterocycles. The van der Waals surface area contributed by atoms with Crippen molar-refractivity contribution in [3.05, 3.63) is 11.6 Å². The van der Waals surface area contributed by atoms with Crippen molar-refractivity contribution in [2.24, 2.45) is 4.99 Å². The first kappa shape index (κ1) is 13.6. The van der Waals surface area contributed by atoms with Crippen LogP contribution in [0.2, 0.25) is 0 Å². The van der Waals surface area contributed by atoms with Gasteiger partial charge in [-0.2, -0.15) is 0 Å². The fourth-order valence-electron chi connectivity index (χ4n) is 3.19. The second kappa shape index (κ2) is 4.88. The van der Waals surface area contributed by atoms with Gasteiger partial charge in [0.25, 0.3) is 0 Å². The van der Waals surface area contributed by atoms with Gasteiger partial charge in [0, 0.05) is 38.3 Å². The van der Waals surface area contributed by atoms with Gasteiger partial charge in [-0.1, -0.05) is 6.08 Å². The quantitative estimate of drug-likeness (QED) is 0.636. The smallest absolute Gasteiger partial charge is 0.410 e. The lowest BCUT2D eigenvalue weighted by Crippen LogP contribution is -2.54. The molecular weight excluding hydrogens is 254 g/mol. The molecule has 2 saturated heterocycles. The van der Waals surface area contributed by atoms with Crippen LogP contribution in [0.15, 0.2) is 16.6 Å². The Morgan fingerprint density at radius 2 is 2.20 bits per heavy atom. The van der Waals surface area contributed by atoms with Gasteiger partial charge in [-0.05, 0) is 32.8 Å². The van der Waals surface area contributed by atoms with Crippen LogP contribution in [0.25, 0.3) is 0 Å². The summed E-state index contributed by atoms with van der Waals surface area (Å²) in [5.74, 6) is 0. The minimum Gasteiger partial charge on any atom is -0.444 e. The number of allylic oxidation sites excluding steroid dienone is 1. The third-order valence-corrected chi connectivity index (χ3v) is 4.03. The highest BCUT2D eigenvalue weighted by Gasteiger charge is 2.42. The van der Waals surface area contributed by atoms with E-state index in [1.807, 2.05) is 31.9 Å². The summed E-state index contributed by atoms with van der Waals surface area (Å²) in [6, 6.07) is 0.391. The highest BCUT2D eigenvalue weighted by Crippen LogP contribution is 2.34. The molecule has 2 unspecified atom stereocenters. The van der Waals surface area contributed by atoms with Gasteiger partial charge in [0.1, 0.15) is 11.8 Å². The first-order valence-corrected chi connectivity index (χ1v) is 7.38. The van der Waals surface area contributed by atoms with Crippen LogP contribution in [-0.4, -0.2) is 59.6 Å². The largest absolute Gasteiger partial charge is 0.444 e. The molecule has 3 aliphatic heterocycles. The highest BCUT2D eigenvalue weighted by atomic mass is 16.6. The van der Waals surface area contributed by atoms with E-state index in [1.54, 1.807) is 0 Å². The molecule has 0 N–H and O–H groups in total. The van der Waals surface area contributed by atoms with E-state index in [0.29, 0.717) is 6.04 Å². The van der Waals surface area contributed by atoms with Crippen LogP contribution in [0.5, 0.6) is 0 Å². The normalized spacial score (nSPS) is 29.8. The molecule has 0 aromatic carbocycles. The predicted octanol–water partition coefficient (Wildman–Crippen LogP) is 2.04. The number of hydrogen-bond donors (Lipinski definition) is 0. The Kier molecular flexibility index (Phi) is 3.32. The minimum absolute atomic E-state index is 0.190. The third-order valence-electron chi connectivity index (χ3n) is 4.03. The summed E-state index contributed by atoms with van der Waals surface area (Å²) in [5, 5.41) is 0. The van der Waals surface area contributed by atoms with Crippen LogP contribution >= 0.6 is 0 Å². The second-order valence-electron chi connectivity index (χ2n) is 6.74. The van der Waals surface area contributed by atoms with Gasteiger partial charge in [-0.25, -0.2) is 4.79 Å². The van der Waals surface area contributed by atoms with Crippen molar-refractivity contribution >= 4 is 12.3 Å². The van der Waals surface area contributed by atoms with E-state index < -0.39 is 5.60 Å². The topological polar surface area (TPSA) is 45.1 Å². The summed E-state index contributed by atoms with van der Waals surface area (Å²) in [6.45, 7) is 8.08. The van der Waals surface area contributed by atoms with Crippen molar-refractivity contribution < 1.29 is 9.53 Å². The van der Waals surface area contributed by atoms with Crippen LogP contribution in [0, 0.1) is 0 Å². The lowest BCUT2D eigenvalue weighted by molar-refractivity contribution is 0.00567. The molecule has 5 nitrogen and oxygen atoms in total. The summed E-state index contributed by atoms with van der Waals surface area (Å²) >= 11 is 0. The first-order valence-electron chi connectivity index (χ1n) is 7.38. The average molecular weight is 277 g/mol. The van der Waals surface area contributed by atoms with Crippen molar-refractivity contribution in [1.82, 2.24) is 9.80 Å². The predicted molar refractivity (Wildman–Crippen MR) is 77.9 cm³/mol. The molecule has 0 aromatic rings. The number of rotatable bonds is 0. The van der Waals surface area contributed by atoms with Crippen molar-refractivity contribution in [2.75, 3.05) is 19.6 Å². The number of amides is 1. The minimum atomic E-state index is -0.426. The molecule has 3 aliphatic rings. The molecule has 20 heavy (non-hydrogen) atoms. The van der Waals surface area contributed by atoms with E-state index in [1.165, 1.54) is 5.57 Å². The van der Waals surface area contributed by atoms with E-state index in [4.69, 9.17) is 4.74 Å². The number of carbonyl (C=O) groups excluding carboxylic acids is 1. The van der Waals surface area contributed by atoms with Gasteiger partial charge in [-0.15, -0.1) is 0 Å². The van der Waals surface area contributed by atoms with E-state index in [9.17, 15) is 4.79 Å². The maximum atomic E-state index is 12.2. The van der Waals surface area contributed by atoms with Gasteiger partial charge in [0.2, 0.25) is 0 Å². The highest BCUT2D eigenvalue weighted by molar-refractivity contribution is 5.68. The van der Waals surface area contributed by atoms with Crippen molar-refractivity contribution in [3.63, 3.8) is 0 Å². The Morgan fingerprint density at radius 3 is 2.95 bits per heavy atom. The van der Waals surface area contributed by atoms with Gasteiger partial charge in [0.15, 0.2) is 0 Å². The average Bonchev–Trinajstić information content (AvgIpc) is 2.74. The van der Waals surface area contributed by atoms with Crippen LogP contribution in [0.1, 0.15) is 33.6 Å². The van der Waals surface area contributed by atoms with Gasteiger partial charge < -0.3 is 9.64 Å². The molecule has 1 amide bonds. The molecule has 0 saturated carbocycles. The fraction of sp³-hybridized carbons (Fsp3) is 0.733. The van der Waals surface area contributed by atoms with Crippen molar-refractivity contribution in [3.8, 4) is 0 Å². The summed E-state index contributed by atoms with van der Waals surface area (Å²) in [6.07, 6.45) is 6.30. The number of carbonyl (C=O) groups is 1. The maximum Gasteiger partial charge on any atom is 0.410 e. The van der Waals surface area contributed by atoms with Gasteiger partial charge in [0.05, 0.1) is 0 Å². The number of fused-ring (bicyclic) bond motifs is 3. The lowest BCUT2D eigenvalue weighted by atomic mass is 10.1. The van der Waals surface area contributed by atoms with Crippen molar-refractivity contribution in [1.29, 1.82) is 0 Å². The number of hydrogen-bond acceptors (Lipinski definition) is 4. The Balaban J connectivity index is 1.65. The van der Waals surface area contributed by atoms with Crippen LogP contribution in [0.3, 0.4) is 0 Å². The molecule has 3 rings (SSSR count). The molecule has 110 valence electrons. The molecule has 2 fully saturated rings. The zero-order chi connectivity index (χ0) is 14.3. The van der Waals surface area contributed by atoms with Crippen LogP contribution in [-0.2, 0) is 4.74 Å². The summed E-state index contributed by atoms with van der Waals surface area (Å²) in [4.78, 5) is 21.0. The van der Waals surface area contributed by atoms with Crippen LogP contribution in [0.4, 0.5) is 4.79 Å². The van der Waals surface area contributed by atoms with Crippen molar-refractivity contribution in [2.45, 2.75) is 51.4 Å². The zero-order valence-electron chi connectivity index (χ0n) is 12.5. The number of dihydropyridines is 1. The number of nitrogens with zero attached hydrogens (tertiary/aromatic N) is 3. The standard InChI is InChI=1S/C15H23N3O2/c1-15(2,3)20-14(19)17-7-8-18-12(10-17)9-11-5-4-6-16-13(11)18/h5-6,12-13H,4,7-10H2,1-3H3. The molecule has 5 heteroatoms. The van der Waals surface area contributed by atoms with Crippen LogP contribution < -0.4 is 0 Å². The van der Waals surface area contributed by atoms with Gasteiger partial charge >= 0.3 is 6.09 Å². The van der Waals surface area contributed by atoms with E-state index >= 15 is 0 Å². The molecule has 0 aromatic heterocycles. The number of aliphatic imine (C=N–C) groups is 1. The second-order valence-corrected chi connectivity index (χ2v) is 6.74. The summed E-state index contributed by atoms with van der Waals surface area (Å²) in [5.41, 5.74) is 0.994. The Hall–Kier alpha value is -1.36. The van der Waals surface area contributed by atoms with E-state index in [-0.39, 0.29) is 12.3 Å². The zero-order valence-corrected chi connectivity index (χ0v) is 12.5. The third kappa shape index (κ3) is 2.59. The fourth-order valence-corrected chi connectivity index (χ4v) is 3.19. The van der Waals surface area contributed by atoms with Gasteiger partial charge in [-0.3, -0.25) is 9.89 Å². The Morgan fingerprint density at radius 1 is 1.40 bits per heavy atom.